The molecular weight excluding hydrogens is 260 g/mol. The highest BCUT2D eigenvalue weighted by Crippen LogP contribution is 2.48. The summed E-state index contributed by atoms with van der Waals surface area (Å²) >= 11 is 6.49. The van der Waals surface area contributed by atoms with Gasteiger partial charge in [-0.25, -0.2) is 0 Å². The van der Waals surface area contributed by atoms with Crippen LogP contribution in [0.2, 0.25) is 5.02 Å². The second-order valence-electron chi connectivity index (χ2n) is 5.72. The predicted molar refractivity (Wildman–Crippen MR) is 78.0 cm³/mol. The van der Waals surface area contributed by atoms with Crippen LogP contribution in [-0.2, 0) is 10.2 Å². The van der Waals surface area contributed by atoms with Gasteiger partial charge in [-0.1, -0.05) is 17.7 Å². The van der Waals surface area contributed by atoms with Gasteiger partial charge in [0, 0.05) is 36.0 Å². The Hall–Kier alpha value is -1.06. The van der Waals surface area contributed by atoms with Gasteiger partial charge in [-0.3, -0.25) is 4.79 Å². The number of hydrogen-bond acceptors (Lipinski definition) is 2. The molecule has 1 atom stereocenters. The zero-order valence-electron chi connectivity index (χ0n) is 11.4. The van der Waals surface area contributed by atoms with Crippen molar-refractivity contribution in [1.29, 1.82) is 0 Å². The van der Waals surface area contributed by atoms with E-state index in [1.54, 1.807) is 6.92 Å². The molecule has 3 nitrogen and oxygen atoms in total. The maximum Gasteiger partial charge on any atom is 0.223 e. The van der Waals surface area contributed by atoms with E-state index >= 15 is 0 Å². The molecule has 2 heterocycles. The summed E-state index contributed by atoms with van der Waals surface area (Å²) < 4.78 is 0. The number of carbonyl (C=O) groups excluding carboxylic acids is 1. The second kappa shape index (κ2) is 4.50. The van der Waals surface area contributed by atoms with Crippen LogP contribution in [0.5, 0.6) is 0 Å². The molecule has 0 saturated carbocycles. The van der Waals surface area contributed by atoms with E-state index in [1.807, 2.05) is 17.0 Å². The molecule has 0 radical (unpaired) electrons. The van der Waals surface area contributed by atoms with Gasteiger partial charge in [-0.15, -0.1) is 0 Å². The maximum atomic E-state index is 11.9. The summed E-state index contributed by atoms with van der Waals surface area (Å²) in [4.78, 5) is 13.8. The number of halogens is 1. The van der Waals surface area contributed by atoms with Gasteiger partial charge in [0.05, 0.1) is 5.69 Å². The number of nitrogens with one attached hydrogen (secondary N) is 1. The molecule has 2 aliphatic heterocycles. The Morgan fingerprint density at radius 1 is 1.42 bits per heavy atom. The fraction of sp³-hybridized carbons (Fsp3) is 0.533. The Morgan fingerprint density at radius 3 is 2.84 bits per heavy atom. The van der Waals surface area contributed by atoms with Crippen LogP contribution in [0.15, 0.2) is 12.1 Å². The van der Waals surface area contributed by atoms with E-state index in [-0.39, 0.29) is 11.3 Å². The Morgan fingerprint density at radius 2 is 2.21 bits per heavy atom. The highest BCUT2D eigenvalue weighted by atomic mass is 35.5. The summed E-state index contributed by atoms with van der Waals surface area (Å²) in [6.45, 7) is 6.49. The van der Waals surface area contributed by atoms with E-state index in [0.29, 0.717) is 0 Å². The molecule has 1 fully saturated rings. The average molecular weight is 279 g/mol. The summed E-state index contributed by atoms with van der Waals surface area (Å²) in [5, 5.41) is 4.25. The molecule has 1 aromatic carbocycles. The van der Waals surface area contributed by atoms with Crippen molar-refractivity contribution < 1.29 is 4.79 Å². The van der Waals surface area contributed by atoms with Crippen molar-refractivity contribution in [2.45, 2.75) is 32.1 Å². The van der Waals surface area contributed by atoms with Crippen LogP contribution in [0.4, 0.5) is 5.69 Å². The molecule has 1 N–H and O–H groups in total. The molecule has 102 valence electrons. The van der Waals surface area contributed by atoms with Gasteiger partial charge in [-0.05, 0) is 37.9 Å². The summed E-state index contributed by atoms with van der Waals surface area (Å²) in [6.07, 6.45) is 2.10. The van der Waals surface area contributed by atoms with Gasteiger partial charge in [0.25, 0.3) is 0 Å². The van der Waals surface area contributed by atoms with E-state index < -0.39 is 0 Å². The third kappa shape index (κ3) is 1.87. The number of carbonyl (C=O) groups is 1. The summed E-state index contributed by atoms with van der Waals surface area (Å²) in [5.41, 5.74) is 3.49. The lowest BCUT2D eigenvalue weighted by Crippen LogP contribution is -2.44. The maximum absolute atomic E-state index is 11.9. The summed E-state index contributed by atoms with van der Waals surface area (Å²) in [6, 6.07) is 3.98. The topological polar surface area (TPSA) is 32.3 Å². The molecule has 1 saturated heterocycles. The first kappa shape index (κ1) is 12.9. The standard InChI is InChI=1S/C15H19ClN2O/c1-10-3-4-12(16)13-14(10)18(11(2)19)8-6-15(13)5-7-17-9-15/h3-4,17H,5-9H2,1-2H3. The van der Waals surface area contributed by atoms with E-state index in [1.165, 1.54) is 5.56 Å². The molecule has 2 aliphatic rings. The van der Waals surface area contributed by atoms with E-state index in [9.17, 15) is 4.79 Å². The fourth-order valence-corrected chi connectivity index (χ4v) is 3.92. The molecule has 4 heteroatoms. The SMILES string of the molecule is CC(=O)N1CCC2(CCNC2)c2c(Cl)ccc(C)c21. The number of benzene rings is 1. The molecule has 1 aromatic rings. The largest absolute Gasteiger partial charge is 0.316 e. The van der Waals surface area contributed by atoms with Crippen molar-refractivity contribution >= 4 is 23.2 Å². The number of aryl methyl sites for hydroxylation is 1. The van der Waals surface area contributed by atoms with Crippen LogP contribution >= 0.6 is 11.6 Å². The molecule has 19 heavy (non-hydrogen) atoms. The first-order valence-electron chi connectivity index (χ1n) is 6.83. The zero-order chi connectivity index (χ0) is 13.6. The van der Waals surface area contributed by atoms with Crippen molar-refractivity contribution in [2.24, 2.45) is 0 Å². The zero-order valence-corrected chi connectivity index (χ0v) is 12.2. The van der Waals surface area contributed by atoms with E-state index in [0.717, 1.165) is 48.7 Å². The third-order valence-corrected chi connectivity index (χ3v) is 4.88. The minimum atomic E-state index is 0.104. The highest BCUT2D eigenvalue weighted by Gasteiger charge is 2.43. The third-order valence-electron chi connectivity index (χ3n) is 4.57. The molecule has 0 aliphatic carbocycles. The van der Waals surface area contributed by atoms with Crippen molar-refractivity contribution in [2.75, 3.05) is 24.5 Å². The Bertz CT molecular complexity index is 535. The lowest BCUT2D eigenvalue weighted by atomic mass is 9.72. The van der Waals surface area contributed by atoms with Gasteiger partial charge >= 0.3 is 0 Å². The minimum absolute atomic E-state index is 0.104. The Kier molecular flexibility index (Phi) is 3.06. The fourth-order valence-electron chi connectivity index (χ4n) is 3.57. The van der Waals surface area contributed by atoms with Crippen molar-refractivity contribution in [3.63, 3.8) is 0 Å². The molecule has 0 aromatic heterocycles. The molecule has 1 unspecified atom stereocenters. The number of fused-ring (bicyclic) bond motifs is 2. The lowest BCUT2D eigenvalue weighted by molar-refractivity contribution is -0.116. The molecule has 1 amide bonds. The number of amides is 1. The van der Waals surface area contributed by atoms with Crippen molar-refractivity contribution in [3.8, 4) is 0 Å². The quantitative estimate of drug-likeness (QED) is 0.791. The summed E-state index contributed by atoms with van der Waals surface area (Å²) in [5.74, 6) is 0.104. The van der Waals surface area contributed by atoms with Crippen molar-refractivity contribution in [1.82, 2.24) is 5.32 Å². The summed E-state index contributed by atoms with van der Waals surface area (Å²) in [7, 11) is 0. The van der Waals surface area contributed by atoms with Gasteiger partial charge < -0.3 is 10.2 Å². The Balaban J connectivity index is 2.23. The van der Waals surface area contributed by atoms with Gasteiger partial charge in [0.2, 0.25) is 5.91 Å². The first-order chi connectivity index (χ1) is 9.05. The van der Waals surface area contributed by atoms with Gasteiger partial charge in [-0.2, -0.15) is 0 Å². The van der Waals surface area contributed by atoms with Crippen molar-refractivity contribution in [3.05, 3.63) is 28.3 Å². The smallest absolute Gasteiger partial charge is 0.223 e. The molecule has 3 rings (SSSR count). The second-order valence-corrected chi connectivity index (χ2v) is 6.12. The van der Waals surface area contributed by atoms with Crippen LogP contribution in [0, 0.1) is 6.92 Å². The Labute approximate surface area is 118 Å². The van der Waals surface area contributed by atoms with Crippen LogP contribution in [-0.4, -0.2) is 25.5 Å². The van der Waals surface area contributed by atoms with Crippen LogP contribution in [0.3, 0.4) is 0 Å². The monoisotopic (exact) mass is 278 g/mol. The molecule has 1 spiro atoms. The number of anilines is 1. The van der Waals surface area contributed by atoms with E-state index in [4.69, 9.17) is 11.6 Å². The number of nitrogens with zero attached hydrogens (tertiary/aromatic N) is 1. The minimum Gasteiger partial charge on any atom is -0.316 e. The predicted octanol–water partition coefficient (Wildman–Crippen LogP) is 2.64. The first-order valence-corrected chi connectivity index (χ1v) is 7.21. The average Bonchev–Trinajstić information content (AvgIpc) is 2.82. The lowest BCUT2D eigenvalue weighted by Gasteiger charge is -2.42. The molecule has 0 bridgehead atoms. The van der Waals surface area contributed by atoms with Crippen LogP contribution in [0.25, 0.3) is 0 Å². The van der Waals surface area contributed by atoms with Gasteiger partial charge in [0.15, 0.2) is 0 Å². The van der Waals surface area contributed by atoms with Crippen LogP contribution < -0.4 is 10.2 Å². The normalized spacial score (nSPS) is 25.7. The van der Waals surface area contributed by atoms with E-state index in [2.05, 4.69) is 12.2 Å². The van der Waals surface area contributed by atoms with Crippen LogP contribution in [0.1, 0.15) is 30.9 Å². The van der Waals surface area contributed by atoms with Gasteiger partial charge in [0.1, 0.15) is 0 Å². The number of rotatable bonds is 0. The number of hydrogen-bond donors (Lipinski definition) is 1. The highest BCUT2D eigenvalue weighted by molar-refractivity contribution is 6.32. The molecular formula is C15H19ClN2O.